The van der Waals surface area contributed by atoms with E-state index in [-0.39, 0.29) is 29.4 Å². The van der Waals surface area contributed by atoms with Gasteiger partial charge in [0.2, 0.25) is 5.78 Å². The van der Waals surface area contributed by atoms with Crippen molar-refractivity contribution in [2.75, 3.05) is 18.1 Å². The molecule has 4 aromatic rings. The SMILES string of the molecule is CCOc1cccc(N2C(=O)C(O)=C(C(=O)c3cc4cc(Cl)ccc4o3)C2c2ccc(O)c(OCC)c2)c1. The Balaban J connectivity index is 1.67. The van der Waals surface area contributed by atoms with E-state index in [1.54, 1.807) is 61.5 Å². The highest BCUT2D eigenvalue weighted by Gasteiger charge is 2.45. The number of rotatable bonds is 8. The van der Waals surface area contributed by atoms with Crippen molar-refractivity contribution in [3.8, 4) is 17.2 Å². The molecule has 1 aromatic heterocycles. The summed E-state index contributed by atoms with van der Waals surface area (Å²) in [5.41, 5.74) is 1.11. The van der Waals surface area contributed by atoms with Gasteiger partial charge in [0.05, 0.1) is 24.8 Å². The minimum Gasteiger partial charge on any atom is -0.504 e. The van der Waals surface area contributed by atoms with Gasteiger partial charge in [0, 0.05) is 22.2 Å². The molecule has 1 atom stereocenters. The number of aromatic hydroxyl groups is 1. The number of phenols is 1. The van der Waals surface area contributed by atoms with Crippen LogP contribution in [0.5, 0.6) is 17.2 Å². The van der Waals surface area contributed by atoms with Crippen LogP contribution in [0.4, 0.5) is 5.69 Å². The third-order valence-corrected chi connectivity index (χ3v) is 6.40. The van der Waals surface area contributed by atoms with Crippen molar-refractivity contribution in [2.24, 2.45) is 0 Å². The molecule has 38 heavy (non-hydrogen) atoms. The molecule has 3 aromatic carbocycles. The van der Waals surface area contributed by atoms with E-state index >= 15 is 0 Å². The summed E-state index contributed by atoms with van der Waals surface area (Å²) >= 11 is 6.09. The van der Waals surface area contributed by atoms with Crippen molar-refractivity contribution in [3.05, 3.63) is 94.4 Å². The van der Waals surface area contributed by atoms with Crippen LogP contribution < -0.4 is 14.4 Å². The molecule has 2 N–H and O–H groups in total. The number of carbonyl (C=O) groups excluding carboxylic acids is 2. The van der Waals surface area contributed by atoms with E-state index in [9.17, 15) is 19.8 Å². The molecular formula is C29H24ClNO7. The maximum atomic E-state index is 13.8. The van der Waals surface area contributed by atoms with Crippen LogP contribution in [0.1, 0.15) is 36.0 Å². The molecule has 9 heteroatoms. The number of nitrogens with zero attached hydrogens (tertiary/aromatic N) is 1. The molecule has 0 spiro atoms. The first-order valence-electron chi connectivity index (χ1n) is 12.0. The van der Waals surface area contributed by atoms with E-state index in [0.29, 0.717) is 39.6 Å². The van der Waals surface area contributed by atoms with E-state index in [1.807, 2.05) is 6.92 Å². The average molecular weight is 534 g/mol. The van der Waals surface area contributed by atoms with Gasteiger partial charge >= 0.3 is 0 Å². The normalized spacial score (nSPS) is 15.4. The Morgan fingerprint density at radius 1 is 1.00 bits per heavy atom. The predicted octanol–water partition coefficient (Wildman–Crippen LogP) is 6.37. The molecule has 0 aliphatic carbocycles. The van der Waals surface area contributed by atoms with Crippen molar-refractivity contribution in [1.82, 2.24) is 0 Å². The number of carbonyl (C=O) groups is 2. The molecule has 1 unspecified atom stereocenters. The molecule has 194 valence electrons. The van der Waals surface area contributed by atoms with E-state index < -0.39 is 23.5 Å². The van der Waals surface area contributed by atoms with Crippen LogP contribution >= 0.6 is 11.6 Å². The number of hydrogen-bond acceptors (Lipinski definition) is 7. The Bertz CT molecular complexity index is 1590. The number of hydrogen-bond donors (Lipinski definition) is 2. The van der Waals surface area contributed by atoms with E-state index in [1.165, 1.54) is 17.0 Å². The van der Waals surface area contributed by atoms with Crippen LogP contribution in [-0.2, 0) is 4.79 Å². The Morgan fingerprint density at radius 3 is 2.55 bits per heavy atom. The van der Waals surface area contributed by atoms with Gasteiger partial charge in [-0.25, -0.2) is 0 Å². The van der Waals surface area contributed by atoms with Crippen molar-refractivity contribution in [1.29, 1.82) is 0 Å². The topological polar surface area (TPSA) is 109 Å². The number of furan rings is 1. The zero-order chi connectivity index (χ0) is 27.0. The summed E-state index contributed by atoms with van der Waals surface area (Å²) in [4.78, 5) is 28.6. The summed E-state index contributed by atoms with van der Waals surface area (Å²) in [7, 11) is 0. The number of ketones is 1. The van der Waals surface area contributed by atoms with E-state index in [2.05, 4.69) is 0 Å². The molecule has 1 aliphatic heterocycles. The fourth-order valence-corrected chi connectivity index (χ4v) is 4.72. The van der Waals surface area contributed by atoms with Crippen molar-refractivity contribution in [2.45, 2.75) is 19.9 Å². The lowest BCUT2D eigenvalue weighted by atomic mass is 9.94. The largest absolute Gasteiger partial charge is 0.504 e. The number of aliphatic hydroxyl groups is 1. The number of benzene rings is 3. The minimum atomic E-state index is -1.05. The van der Waals surface area contributed by atoms with Crippen molar-refractivity contribution in [3.63, 3.8) is 0 Å². The van der Waals surface area contributed by atoms with Gasteiger partial charge in [-0.1, -0.05) is 23.7 Å². The summed E-state index contributed by atoms with van der Waals surface area (Å²) in [5, 5.41) is 22.4. The summed E-state index contributed by atoms with van der Waals surface area (Å²) < 4.78 is 16.9. The van der Waals surface area contributed by atoms with Crippen LogP contribution in [0.25, 0.3) is 11.0 Å². The van der Waals surface area contributed by atoms with Gasteiger partial charge in [-0.3, -0.25) is 14.5 Å². The number of phenolic OH excluding ortho intramolecular Hbond substituents is 1. The molecule has 0 saturated heterocycles. The molecule has 1 aliphatic rings. The van der Waals surface area contributed by atoms with Gasteiger partial charge in [-0.05, 0) is 67.9 Å². The zero-order valence-electron chi connectivity index (χ0n) is 20.6. The molecule has 0 saturated carbocycles. The predicted molar refractivity (Wildman–Crippen MR) is 142 cm³/mol. The second-order valence-corrected chi connectivity index (χ2v) is 8.99. The van der Waals surface area contributed by atoms with Gasteiger partial charge in [-0.2, -0.15) is 0 Å². The first-order valence-corrected chi connectivity index (χ1v) is 12.4. The number of amides is 1. The lowest BCUT2D eigenvalue weighted by Gasteiger charge is -2.27. The molecule has 2 heterocycles. The smallest absolute Gasteiger partial charge is 0.294 e. The quantitative estimate of drug-likeness (QED) is 0.253. The van der Waals surface area contributed by atoms with Gasteiger partial charge < -0.3 is 24.1 Å². The Labute approximate surface area is 223 Å². The second kappa shape index (κ2) is 10.1. The number of ether oxygens (including phenoxy) is 2. The molecule has 1 amide bonds. The molecular weight excluding hydrogens is 510 g/mol. The highest BCUT2D eigenvalue weighted by atomic mass is 35.5. The second-order valence-electron chi connectivity index (χ2n) is 8.55. The van der Waals surface area contributed by atoms with Gasteiger partial charge in [0.25, 0.3) is 5.91 Å². The van der Waals surface area contributed by atoms with Crippen molar-refractivity contribution >= 4 is 39.9 Å². The molecule has 5 rings (SSSR count). The monoisotopic (exact) mass is 533 g/mol. The number of fused-ring (bicyclic) bond motifs is 1. The zero-order valence-corrected chi connectivity index (χ0v) is 21.4. The van der Waals surface area contributed by atoms with Crippen LogP contribution in [0.15, 0.2) is 82.5 Å². The highest BCUT2D eigenvalue weighted by Crippen LogP contribution is 2.44. The Kier molecular flexibility index (Phi) is 6.73. The fraction of sp³-hybridized carbons (Fsp3) is 0.172. The number of aliphatic hydroxyl groups excluding tert-OH is 1. The molecule has 0 fully saturated rings. The molecule has 8 nitrogen and oxygen atoms in total. The van der Waals surface area contributed by atoms with Crippen LogP contribution in [-0.4, -0.2) is 35.1 Å². The van der Waals surface area contributed by atoms with Crippen LogP contribution in [0, 0.1) is 0 Å². The Hall–Kier alpha value is -4.43. The first-order chi connectivity index (χ1) is 18.3. The summed E-state index contributed by atoms with van der Waals surface area (Å²) in [5.74, 6) is -1.59. The highest BCUT2D eigenvalue weighted by molar-refractivity contribution is 6.31. The molecule has 0 radical (unpaired) electrons. The number of Topliss-reactive ketones (excluding diaryl/α,β-unsaturated/α-hetero) is 1. The number of halogens is 1. The first kappa shape index (κ1) is 25.2. The van der Waals surface area contributed by atoms with Gasteiger partial charge in [0.1, 0.15) is 11.3 Å². The maximum absolute atomic E-state index is 13.8. The average Bonchev–Trinajstić information content (AvgIpc) is 3.44. The van der Waals surface area contributed by atoms with Crippen molar-refractivity contribution < 1.29 is 33.7 Å². The standard InChI is InChI=1S/C29H24ClNO7/c1-3-36-20-7-5-6-19(15-20)31-26(16-8-10-21(32)23(13-16)37-4-2)25(28(34)29(31)35)27(33)24-14-17-12-18(30)9-11-22(17)38-24/h5-15,26,32,34H,3-4H2,1-2H3. The number of anilines is 1. The lowest BCUT2D eigenvalue weighted by Crippen LogP contribution is -2.31. The lowest BCUT2D eigenvalue weighted by molar-refractivity contribution is -0.117. The summed E-state index contributed by atoms with van der Waals surface area (Å²) in [6.45, 7) is 4.31. The minimum absolute atomic E-state index is 0.0599. The fourth-order valence-electron chi connectivity index (χ4n) is 4.54. The third-order valence-electron chi connectivity index (χ3n) is 6.16. The van der Waals surface area contributed by atoms with E-state index in [4.69, 9.17) is 25.5 Å². The van der Waals surface area contributed by atoms with Crippen LogP contribution in [0.3, 0.4) is 0 Å². The summed E-state index contributed by atoms with van der Waals surface area (Å²) in [6.07, 6.45) is 0. The van der Waals surface area contributed by atoms with Crippen LogP contribution in [0.2, 0.25) is 5.02 Å². The van der Waals surface area contributed by atoms with Gasteiger partial charge in [0.15, 0.2) is 23.0 Å². The summed E-state index contributed by atoms with van der Waals surface area (Å²) in [6, 6.07) is 16.7. The maximum Gasteiger partial charge on any atom is 0.294 e. The van der Waals surface area contributed by atoms with E-state index in [0.717, 1.165) is 0 Å². The van der Waals surface area contributed by atoms with Gasteiger partial charge in [-0.15, -0.1) is 0 Å². The third kappa shape index (κ3) is 4.43. The Morgan fingerprint density at radius 2 is 1.79 bits per heavy atom. The molecule has 0 bridgehead atoms.